The van der Waals surface area contributed by atoms with Gasteiger partial charge in [0, 0.05) is 19.6 Å². The molecule has 2 heterocycles. The molecule has 22 heavy (non-hydrogen) atoms. The average Bonchev–Trinajstić information content (AvgIpc) is 2.82. The van der Waals surface area contributed by atoms with Crippen LogP contribution in [0, 0.1) is 5.92 Å². The monoisotopic (exact) mass is 307 g/mol. The Kier molecular flexibility index (Phi) is 4.85. The highest BCUT2D eigenvalue weighted by atomic mass is 16.2. The molecule has 0 saturated carbocycles. The summed E-state index contributed by atoms with van der Waals surface area (Å²) in [6.07, 6.45) is 0. The predicted molar refractivity (Wildman–Crippen MR) is 87.2 cm³/mol. The van der Waals surface area contributed by atoms with Crippen molar-refractivity contribution in [1.82, 2.24) is 24.0 Å². The van der Waals surface area contributed by atoms with Crippen LogP contribution in [0.15, 0.2) is 9.59 Å². The van der Waals surface area contributed by atoms with Gasteiger partial charge in [-0.05, 0) is 26.8 Å². The zero-order valence-corrected chi connectivity index (χ0v) is 14.0. The number of imidazole rings is 1. The third-order valence-electron chi connectivity index (χ3n) is 3.71. The van der Waals surface area contributed by atoms with Crippen LogP contribution in [0.4, 0.5) is 0 Å². The summed E-state index contributed by atoms with van der Waals surface area (Å²) in [6.45, 7) is 10.0. The molecular formula is C15H25N5O2. The zero-order valence-electron chi connectivity index (χ0n) is 14.0. The Morgan fingerprint density at radius 3 is 2.23 bits per heavy atom. The standard InChI is InChI=1S/C15H25N5O2/c1-6-18-11(8-16-5)17-13-12(18)14(21)19(7-2)15(22)20(13)9-10(3)4/h10,16H,6-9H2,1-5H3. The SMILES string of the molecule is CCn1c(=O)c2c(nc(CNC)n2CC)n(CC(C)C)c1=O. The van der Waals surface area contributed by atoms with Crippen LogP contribution in [0.25, 0.3) is 11.2 Å². The molecule has 2 rings (SSSR count). The highest BCUT2D eigenvalue weighted by molar-refractivity contribution is 5.71. The van der Waals surface area contributed by atoms with E-state index in [2.05, 4.69) is 10.3 Å². The molecule has 0 aliphatic rings. The highest BCUT2D eigenvalue weighted by Crippen LogP contribution is 2.13. The molecule has 7 nitrogen and oxygen atoms in total. The van der Waals surface area contributed by atoms with Crippen LogP contribution in [0.2, 0.25) is 0 Å². The lowest BCUT2D eigenvalue weighted by atomic mass is 10.2. The van der Waals surface area contributed by atoms with Crippen LogP contribution in [0.5, 0.6) is 0 Å². The second-order valence-corrected chi connectivity index (χ2v) is 5.81. The van der Waals surface area contributed by atoms with Crippen molar-refractivity contribution >= 4 is 11.2 Å². The van der Waals surface area contributed by atoms with Crippen molar-refractivity contribution in [3.8, 4) is 0 Å². The van der Waals surface area contributed by atoms with E-state index in [1.165, 1.54) is 4.57 Å². The van der Waals surface area contributed by atoms with Gasteiger partial charge in [-0.2, -0.15) is 0 Å². The second-order valence-electron chi connectivity index (χ2n) is 5.81. The number of fused-ring (bicyclic) bond motifs is 1. The molecule has 0 saturated heterocycles. The average molecular weight is 307 g/mol. The second kappa shape index (κ2) is 6.48. The van der Waals surface area contributed by atoms with Crippen LogP contribution < -0.4 is 16.6 Å². The van der Waals surface area contributed by atoms with Gasteiger partial charge in [0.15, 0.2) is 11.2 Å². The first-order valence-corrected chi connectivity index (χ1v) is 7.83. The van der Waals surface area contributed by atoms with Gasteiger partial charge in [0.05, 0.1) is 6.54 Å². The molecule has 2 aromatic heterocycles. The van der Waals surface area contributed by atoms with Crippen molar-refractivity contribution in [1.29, 1.82) is 0 Å². The summed E-state index contributed by atoms with van der Waals surface area (Å²) in [5.41, 5.74) is 0.500. The smallest absolute Gasteiger partial charge is 0.321 e. The number of hydrogen-bond donors (Lipinski definition) is 1. The lowest BCUT2D eigenvalue weighted by Gasteiger charge is -2.12. The number of nitrogens with zero attached hydrogens (tertiary/aromatic N) is 4. The Morgan fingerprint density at radius 2 is 1.73 bits per heavy atom. The fourth-order valence-electron chi connectivity index (χ4n) is 2.78. The fraction of sp³-hybridized carbons (Fsp3) is 0.667. The molecule has 0 amide bonds. The minimum absolute atomic E-state index is 0.251. The largest absolute Gasteiger partial charge is 0.332 e. The maximum atomic E-state index is 12.7. The number of rotatable bonds is 6. The lowest BCUT2D eigenvalue weighted by molar-refractivity contribution is 0.491. The van der Waals surface area contributed by atoms with Crippen molar-refractivity contribution in [3.05, 3.63) is 26.7 Å². The topological polar surface area (TPSA) is 73.8 Å². The number of nitrogens with one attached hydrogen (secondary N) is 1. The van der Waals surface area contributed by atoms with Crippen LogP contribution in [-0.2, 0) is 26.2 Å². The van der Waals surface area contributed by atoms with E-state index in [-0.39, 0.29) is 11.2 Å². The van der Waals surface area contributed by atoms with E-state index >= 15 is 0 Å². The Bertz CT molecular complexity index is 782. The van der Waals surface area contributed by atoms with E-state index in [0.717, 1.165) is 5.82 Å². The molecule has 0 aliphatic carbocycles. The van der Waals surface area contributed by atoms with Gasteiger partial charge in [0.25, 0.3) is 5.56 Å². The molecule has 0 bridgehead atoms. The van der Waals surface area contributed by atoms with E-state index < -0.39 is 0 Å². The van der Waals surface area contributed by atoms with Gasteiger partial charge in [0.1, 0.15) is 5.82 Å². The van der Waals surface area contributed by atoms with Crippen molar-refractivity contribution in [2.45, 2.75) is 53.9 Å². The van der Waals surface area contributed by atoms with Crippen LogP contribution in [-0.4, -0.2) is 25.7 Å². The quantitative estimate of drug-likeness (QED) is 0.855. The third kappa shape index (κ3) is 2.61. The Balaban J connectivity index is 2.93. The van der Waals surface area contributed by atoms with Crippen LogP contribution >= 0.6 is 0 Å². The van der Waals surface area contributed by atoms with Crippen molar-refractivity contribution < 1.29 is 0 Å². The number of aromatic nitrogens is 4. The molecule has 0 aromatic carbocycles. The Morgan fingerprint density at radius 1 is 1.09 bits per heavy atom. The first-order valence-electron chi connectivity index (χ1n) is 7.83. The summed E-state index contributed by atoms with van der Waals surface area (Å²) >= 11 is 0. The third-order valence-corrected chi connectivity index (χ3v) is 3.71. The first-order chi connectivity index (χ1) is 10.5. The predicted octanol–water partition coefficient (Wildman–Crippen LogP) is 0.775. The van der Waals surface area contributed by atoms with E-state index in [1.807, 2.05) is 39.3 Å². The summed E-state index contributed by atoms with van der Waals surface area (Å²) in [5, 5.41) is 3.06. The van der Waals surface area contributed by atoms with Gasteiger partial charge in [-0.25, -0.2) is 9.78 Å². The molecule has 0 fully saturated rings. The molecule has 0 aliphatic heterocycles. The molecular weight excluding hydrogens is 282 g/mol. The maximum absolute atomic E-state index is 12.7. The highest BCUT2D eigenvalue weighted by Gasteiger charge is 2.20. The Labute approximate surface area is 129 Å². The molecule has 0 atom stereocenters. The van der Waals surface area contributed by atoms with E-state index in [0.29, 0.717) is 43.3 Å². The van der Waals surface area contributed by atoms with Gasteiger partial charge in [-0.3, -0.25) is 13.9 Å². The van der Waals surface area contributed by atoms with Gasteiger partial charge >= 0.3 is 5.69 Å². The van der Waals surface area contributed by atoms with E-state index in [1.54, 1.807) is 4.57 Å². The van der Waals surface area contributed by atoms with Crippen molar-refractivity contribution in [3.63, 3.8) is 0 Å². The first kappa shape index (κ1) is 16.5. The van der Waals surface area contributed by atoms with Gasteiger partial charge in [0.2, 0.25) is 0 Å². The molecule has 7 heteroatoms. The maximum Gasteiger partial charge on any atom is 0.332 e. The normalized spacial score (nSPS) is 11.7. The summed E-state index contributed by atoms with van der Waals surface area (Å²) in [5.74, 6) is 1.08. The van der Waals surface area contributed by atoms with Gasteiger partial charge in [-0.1, -0.05) is 13.8 Å². The van der Waals surface area contributed by atoms with Crippen molar-refractivity contribution in [2.75, 3.05) is 7.05 Å². The molecule has 0 spiro atoms. The summed E-state index contributed by atoms with van der Waals surface area (Å²) in [4.78, 5) is 29.9. The molecule has 1 N–H and O–H groups in total. The summed E-state index contributed by atoms with van der Waals surface area (Å²) in [6, 6.07) is 0. The summed E-state index contributed by atoms with van der Waals surface area (Å²) < 4.78 is 4.83. The zero-order chi connectivity index (χ0) is 16.4. The van der Waals surface area contributed by atoms with E-state index in [9.17, 15) is 9.59 Å². The fourth-order valence-corrected chi connectivity index (χ4v) is 2.78. The summed E-state index contributed by atoms with van der Waals surface area (Å²) in [7, 11) is 1.84. The van der Waals surface area contributed by atoms with Crippen molar-refractivity contribution in [2.24, 2.45) is 5.92 Å². The van der Waals surface area contributed by atoms with E-state index in [4.69, 9.17) is 0 Å². The van der Waals surface area contributed by atoms with Gasteiger partial charge in [-0.15, -0.1) is 0 Å². The van der Waals surface area contributed by atoms with Crippen LogP contribution in [0.3, 0.4) is 0 Å². The number of aryl methyl sites for hydroxylation is 1. The molecule has 2 aromatic rings. The van der Waals surface area contributed by atoms with Gasteiger partial charge < -0.3 is 9.88 Å². The minimum Gasteiger partial charge on any atom is -0.321 e. The molecule has 0 unspecified atom stereocenters. The van der Waals surface area contributed by atoms with Crippen LogP contribution in [0.1, 0.15) is 33.5 Å². The Hall–Kier alpha value is -1.89. The number of hydrogen-bond acceptors (Lipinski definition) is 4. The lowest BCUT2D eigenvalue weighted by Crippen LogP contribution is -2.40. The minimum atomic E-state index is -0.273. The molecule has 0 radical (unpaired) electrons. The molecule has 122 valence electrons.